The van der Waals surface area contributed by atoms with E-state index in [4.69, 9.17) is 0 Å². The number of hydrogen-bond acceptors (Lipinski definition) is 4. The van der Waals surface area contributed by atoms with E-state index in [1.165, 1.54) is 6.42 Å². The number of nitrogens with one attached hydrogen (secondary N) is 1. The van der Waals surface area contributed by atoms with Crippen molar-refractivity contribution >= 4 is 29.3 Å². The predicted molar refractivity (Wildman–Crippen MR) is 117 cm³/mol. The molecule has 1 saturated heterocycles. The Kier molecular flexibility index (Phi) is 6.30. The van der Waals surface area contributed by atoms with Crippen molar-refractivity contribution in [2.75, 3.05) is 5.75 Å². The second-order valence-corrected chi connectivity index (χ2v) is 8.54. The van der Waals surface area contributed by atoms with Crippen LogP contribution in [0.1, 0.15) is 59.0 Å². The van der Waals surface area contributed by atoms with Crippen molar-refractivity contribution in [1.29, 1.82) is 0 Å². The maximum absolute atomic E-state index is 12.4. The highest BCUT2D eigenvalue weighted by Crippen LogP contribution is 2.39. The Morgan fingerprint density at radius 2 is 1.76 bits per heavy atom. The topological polar surface area (TPSA) is 61.8 Å². The summed E-state index contributed by atoms with van der Waals surface area (Å²) in [5.74, 6) is 0.442. The number of nitrogens with zero attached hydrogens (tertiary/aromatic N) is 2. The zero-order valence-corrected chi connectivity index (χ0v) is 17.2. The van der Waals surface area contributed by atoms with Crippen LogP contribution in [-0.2, 0) is 11.3 Å². The first-order chi connectivity index (χ1) is 14.2. The zero-order chi connectivity index (χ0) is 20.1. The third-order valence-electron chi connectivity index (χ3n) is 5.37. The molecule has 1 heterocycles. The molecule has 1 N–H and O–H groups in total. The molecule has 1 aliphatic carbocycles. The van der Waals surface area contributed by atoms with E-state index in [9.17, 15) is 9.59 Å². The van der Waals surface area contributed by atoms with Crippen LogP contribution in [0.15, 0.2) is 59.7 Å². The van der Waals surface area contributed by atoms with Gasteiger partial charge >= 0.3 is 0 Å². The van der Waals surface area contributed by atoms with Gasteiger partial charge in [-0.1, -0.05) is 48.9 Å². The van der Waals surface area contributed by atoms with Gasteiger partial charge in [-0.2, -0.15) is 5.10 Å². The number of hydrazone groups is 1. The molecular weight excluding hydrogens is 382 g/mol. The fourth-order valence-corrected chi connectivity index (χ4v) is 4.93. The highest BCUT2D eigenvalue weighted by molar-refractivity contribution is 8.00. The molecule has 1 aliphatic heterocycles. The second kappa shape index (κ2) is 9.27. The maximum atomic E-state index is 12.4. The molecular formula is C23H25N3O2S. The van der Waals surface area contributed by atoms with Gasteiger partial charge in [0.2, 0.25) is 5.91 Å². The molecule has 0 bridgehead atoms. The van der Waals surface area contributed by atoms with E-state index in [-0.39, 0.29) is 17.2 Å². The Bertz CT molecular complexity index is 888. The fraction of sp³-hybridized carbons (Fsp3) is 0.348. The molecule has 2 amide bonds. The van der Waals surface area contributed by atoms with Gasteiger partial charge in [0.1, 0.15) is 5.37 Å². The molecule has 2 aliphatic rings. The number of benzene rings is 2. The first kappa shape index (κ1) is 19.7. The van der Waals surface area contributed by atoms with Crippen LogP contribution in [-0.4, -0.2) is 28.2 Å². The van der Waals surface area contributed by atoms with Gasteiger partial charge in [-0.3, -0.25) is 9.59 Å². The molecule has 150 valence electrons. The summed E-state index contributed by atoms with van der Waals surface area (Å²) in [6.45, 7) is 0.594. The lowest BCUT2D eigenvalue weighted by Crippen LogP contribution is -2.27. The van der Waals surface area contributed by atoms with E-state index in [0.29, 0.717) is 17.9 Å². The lowest BCUT2D eigenvalue weighted by atomic mass is 9.99. The van der Waals surface area contributed by atoms with Crippen LogP contribution >= 0.6 is 11.8 Å². The van der Waals surface area contributed by atoms with E-state index in [1.807, 2.05) is 59.5 Å². The van der Waals surface area contributed by atoms with Gasteiger partial charge in [0.05, 0.1) is 5.75 Å². The third-order valence-corrected chi connectivity index (χ3v) is 6.62. The van der Waals surface area contributed by atoms with Gasteiger partial charge in [0, 0.05) is 17.8 Å². The molecule has 0 spiro atoms. The van der Waals surface area contributed by atoms with Gasteiger partial charge in [-0.15, -0.1) is 11.8 Å². The van der Waals surface area contributed by atoms with Crippen molar-refractivity contribution in [3.63, 3.8) is 0 Å². The monoisotopic (exact) mass is 407 g/mol. The number of rotatable bonds is 5. The van der Waals surface area contributed by atoms with Crippen molar-refractivity contribution in [1.82, 2.24) is 10.3 Å². The van der Waals surface area contributed by atoms with Crippen molar-refractivity contribution in [3.8, 4) is 0 Å². The van der Waals surface area contributed by atoms with E-state index >= 15 is 0 Å². The number of carbonyl (C=O) groups excluding carboxylic acids is 2. The summed E-state index contributed by atoms with van der Waals surface area (Å²) in [5.41, 5.74) is 6.50. The fourth-order valence-electron chi connectivity index (χ4n) is 3.75. The molecule has 1 atom stereocenters. The quantitative estimate of drug-likeness (QED) is 0.742. The van der Waals surface area contributed by atoms with Crippen molar-refractivity contribution in [2.45, 2.75) is 44.0 Å². The number of carbonyl (C=O) groups is 2. The van der Waals surface area contributed by atoms with E-state index in [2.05, 4.69) is 10.5 Å². The van der Waals surface area contributed by atoms with Gasteiger partial charge in [-0.25, -0.2) is 5.43 Å². The van der Waals surface area contributed by atoms with Gasteiger partial charge in [0.15, 0.2) is 0 Å². The summed E-state index contributed by atoms with van der Waals surface area (Å²) in [4.78, 5) is 26.7. The Labute approximate surface area is 175 Å². The van der Waals surface area contributed by atoms with Crippen molar-refractivity contribution < 1.29 is 9.59 Å². The number of hydrogen-bond donors (Lipinski definition) is 1. The molecule has 6 heteroatoms. The zero-order valence-electron chi connectivity index (χ0n) is 16.3. The molecule has 2 aromatic carbocycles. The summed E-state index contributed by atoms with van der Waals surface area (Å²) in [7, 11) is 0. The maximum Gasteiger partial charge on any atom is 0.271 e. The normalized spacial score (nSPS) is 19.3. The highest BCUT2D eigenvalue weighted by atomic mass is 32.2. The summed E-state index contributed by atoms with van der Waals surface area (Å²) >= 11 is 1.63. The number of amides is 2. The van der Waals surface area contributed by atoms with Crippen molar-refractivity contribution in [2.24, 2.45) is 5.10 Å². The van der Waals surface area contributed by atoms with Crippen LogP contribution in [0.5, 0.6) is 0 Å². The molecule has 5 nitrogen and oxygen atoms in total. The molecule has 2 fully saturated rings. The largest absolute Gasteiger partial charge is 0.322 e. The highest BCUT2D eigenvalue weighted by Gasteiger charge is 2.32. The minimum atomic E-state index is -0.189. The first-order valence-corrected chi connectivity index (χ1v) is 11.2. The Morgan fingerprint density at radius 3 is 2.48 bits per heavy atom. The first-order valence-electron chi connectivity index (χ1n) is 10.1. The molecule has 4 rings (SSSR count). The smallest absolute Gasteiger partial charge is 0.271 e. The van der Waals surface area contributed by atoms with Gasteiger partial charge in [0.25, 0.3) is 5.91 Å². The minimum Gasteiger partial charge on any atom is -0.322 e. The lowest BCUT2D eigenvalue weighted by molar-refractivity contribution is -0.128. The third kappa shape index (κ3) is 4.88. The second-order valence-electron chi connectivity index (χ2n) is 7.47. The average Bonchev–Trinajstić information content (AvgIpc) is 3.14. The van der Waals surface area contributed by atoms with E-state index in [1.54, 1.807) is 11.8 Å². The summed E-state index contributed by atoms with van der Waals surface area (Å²) in [6.07, 6.45) is 5.51. The summed E-state index contributed by atoms with van der Waals surface area (Å²) in [6, 6.07) is 17.5. The van der Waals surface area contributed by atoms with Crippen LogP contribution in [0.2, 0.25) is 0 Å². The average molecular weight is 408 g/mol. The molecule has 2 aromatic rings. The van der Waals surface area contributed by atoms with E-state index < -0.39 is 0 Å². The van der Waals surface area contributed by atoms with Crippen molar-refractivity contribution in [3.05, 3.63) is 71.3 Å². The Balaban J connectivity index is 1.42. The van der Waals surface area contributed by atoms with Gasteiger partial charge < -0.3 is 4.90 Å². The molecule has 0 unspecified atom stereocenters. The Morgan fingerprint density at radius 1 is 1.03 bits per heavy atom. The molecule has 29 heavy (non-hydrogen) atoms. The number of thioether (sulfide) groups is 1. The molecule has 0 radical (unpaired) electrons. The van der Waals surface area contributed by atoms with Crippen LogP contribution in [0, 0.1) is 0 Å². The molecule has 0 aromatic heterocycles. The lowest BCUT2D eigenvalue weighted by Gasteiger charge is -2.24. The van der Waals surface area contributed by atoms with Crippen LogP contribution < -0.4 is 5.43 Å². The van der Waals surface area contributed by atoms with Crippen LogP contribution in [0.3, 0.4) is 0 Å². The minimum absolute atomic E-state index is 0.0256. The standard InChI is InChI=1S/C23H25N3O2S/c27-21-16-29-23(26(21)15-17-7-3-1-4-8-17)19-13-11-18(12-14-19)22(28)25-24-20-9-5-2-6-10-20/h1,3-4,7-8,11-14,23H,2,5-6,9-10,15-16H2,(H,25,28)/t23-/m0/s1. The Hall–Kier alpha value is -2.60. The molecule has 1 saturated carbocycles. The predicted octanol–water partition coefficient (Wildman–Crippen LogP) is 4.51. The van der Waals surface area contributed by atoms with Crippen LogP contribution in [0.4, 0.5) is 0 Å². The van der Waals surface area contributed by atoms with E-state index in [0.717, 1.165) is 42.5 Å². The van der Waals surface area contributed by atoms with Crippen LogP contribution in [0.25, 0.3) is 0 Å². The summed E-state index contributed by atoms with van der Waals surface area (Å²) < 4.78 is 0. The van der Waals surface area contributed by atoms with Gasteiger partial charge in [-0.05, 0) is 48.9 Å². The summed E-state index contributed by atoms with van der Waals surface area (Å²) in [5, 5.41) is 4.26. The SMILES string of the molecule is O=C(NN=C1CCCCC1)c1ccc([C@@H]2SCC(=O)N2Cc2ccccc2)cc1.